The first-order valence-corrected chi connectivity index (χ1v) is 9.85. The zero-order valence-corrected chi connectivity index (χ0v) is 16.2. The summed E-state index contributed by atoms with van der Waals surface area (Å²) in [6.45, 7) is 2.57. The average molecular weight is 381 g/mol. The third-order valence-corrected chi connectivity index (χ3v) is 4.96. The van der Waals surface area contributed by atoms with Crippen molar-refractivity contribution in [2.75, 3.05) is 27.0 Å². The molecule has 0 atom stereocenters. The van der Waals surface area contributed by atoms with E-state index in [1.807, 2.05) is 30.3 Å². The number of fused-ring (bicyclic) bond motifs is 1. The number of rotatable bonds is 8. The zero-order chi connectivity index (χ0) is 19.2. The van der Waals surface area contributed by atoms with Crippen molar-refractivity contribution >= 4 is 5.96 Å². The van der Waals surface area contributed by atoms with Gasteiger partial charge in [-0.1, -0.05) is 24.3 Å². The molecule has 0 unspecified atom stereocenters. The minimum Gasteiger partial charge on any atom is -0.493 e. The first-order valence-electron chi connectivity index (χ1n) is 9.85. The van der Waals surface area contributed by atoms with E-state index in [0.29, 0.717) is 13.3 Å². The van der Waals surface area contributed by atoms with E-state index >= 15 is 0 Å². The lowest BCUT2D eigenvalue weighted by atomic mass is 10.1. The van der Waals surface area contributed by atoms with Crippen molar-refractivity contribution in [3.05, 3.63) is 53.6 Å². The van der Waals surface area contributed by atoms with Gasteiger partial charge in [-0.05, 0) is 48.9 Å². The summed E-state index contributed by atoms with van der Waals surface area (Å²) in [5.41, 5.74) is 2.34. The van der Waals surface area contributed by atoms with Gasteiger partial charge < -0.3 is 24.8 Å². The number of aliphatic imine (C=N–C) groups is 1. The fraction of sp³-hybridized carbons (Fsp3) is 0.409. The van der Waals surface area contributed by atoms with Crippen LogP contribution in [0.4, 0.5) is 0 Å². The lowest BCUT2D eigenvalue weighted by Gasteiger charge is -2.15. The molecule has 4 rings (SSSR count). The molecule has 0 saturated heterocycles. The summed E-state index contributed by atoms with van der Waals surface area (Å²) in [5, 5.41) is 6.73. The molecule has 1 saturated carbocycles. The molecule has 6 nitrogen and oxygen atoms in total. The SMILES string of the molecule is CN=C(NCCc1ccc2c(c1)OCO2)NCc1ccccc1OCC1CC1. The second-order valence-electron chi connectivity index (χ2n) is 7.15. The smallest absolute Gasteiger partial charge is 0.231 e. The number of nitrogens with one attached hydrogen (secondary N) is 2. The Morgan fingerprint density at radius 3 is 2.82 bits per heavy atom. The largest absolute Gasteiger partial charge is 0.493 e. The molecule has 0 bridgehead atoms. The van der Waals surface area contributed by atoms with Gasteiger partial charge in [0.1, 0.15) is 5.75 Å². The van der Waals surface area contributed by atoms with Gasteiger partial charge in [-0.25, -0.2) is 0 Å². The van der Waals surface area contributed by atoms with Crippen LogP contribution in [0.1, 0.15) is 24.0 Å². The molecule has 1 fully saturated rings. The number of hydrogen-bond donors (Lipinski definition) is 2. The zero-order valence-electron chi connectivity index (χ0n) is 16.2. The number of ether oxygens (including phenoxy) is 3. The average Bonchev–Trinajstić information content (AvgIpc) is 3.44. The molecule has 0 spiro atoms. The molecular formula is C22H27N3O3. The van der Waals surface area contributed by atoms with Crippen molar-refractivity contribution in [2.45, 2.75) is 25.8 Å². The van der Waals surface area contributed by atoms with Crippen molar-refractivity contribution in [2.24, 2.45) is 10.9 Å². The number of guanidine groups is 1. The molecule has 2 aliphatic rings. The molecule has 28 heavy (non-hydrogen) atoms. The van der Waals surface area contributed by atoms with Crippen LogP contribution in [-0.2, 0) is 13.0 Å². The van der Waals surface area contributed by atoms with Crippen LogP contribution >= 0.6 is 0 Å². The van der Waals surface area contributed by atoms with Crippen molar-refractivity contribution in [1.82, 2.24) is 10.6 Å². The molecule has 1 heterocycles. The van der Waals surface area contributed by atoms with E-state index in [-0.39, 0.29) is 0 Å². The highest BCUT2D eigenvalue weighted by molar-refractivity contribution is 5.79. The van der Waals surface area contributed by atoms with Crippen LogP contribution in [0.3, 0.4) is 0 Å². The first-order chi connectivity index (χ1) is 13.8. The van der Waals surface area contributed by atoms with Crippen molar-refractivity contribution < 1.29 is 14.2 Å². The predicted molar refractivity (Wildman–Crippen MR) is 109 cm³/mol. The van der Waals surface area contributed by atoms with E-state index in [0.717, 1.165) is 54.3 Å². The van der Waals surface area contributed by atoms with Gasteiger partial charge in [-0.2, -0.15) is 0 Å². The Morgan fingerprint density at radius 2 is 1.96 bits per heavy atom. The van der Waals surface area contributed by atoms with Crippen LogP contribution < -0.4 is 24.8 Å². The fourth-order valence-electron chi connectivity index (χ4n) is 3.10. The summed E-state index contributed by atoms with van der Waals surface area (Å²) < 4.78 is 16.8. The van der Waals surface area contributed by atoms with E-state index < -0.39 is 0 Å². The van der Waals surface area contributed by atoms with Crippen molar-refractivity contribution in [3.63, 3.8) is 0 Å². The van der Waals surface area contributed by atoms with E-state index in [1.54, 1.807) is 7.05 Å². The van der Waals surface area contributed by atoms with Crippen LogP contribution in [0.25, 0.3) is 0 Å². The molecule has 1 aliphatic heterocycles. The standard InChI is InChI=1S/C22H27N3O3/c1-23-22(24-11-10-16-8-9-20-21(12-16)28-15-27-20)25-13-18-4-2-3-5-19(18)26-14-17-6-7-17/h2-5,8-9,12,17H,6-7,10-11,13-15H2,1H3,(H2,23,24,25). The Labute approximate surface area is 165 Å². The molecular weight excluding hydrogens is 354 g/mol. The summed E-state index contributed by atoms with van der Waals surface area (Å²) in [5.74, 6) is 4.11. The lowest BCUT2D eigenvalue weighted by Crippen LogP contribution is -2.37. The Morgan fingerprint density at radius 1 is 1.11 bits per heavy atom. The van der Waals surface area contributed by atoms with Gasteiger partial charge in [0, 0.05) is 25.7 Å². The van der Waals surface area contributed by atoms with Crippen LogP contribution in [0, 0.1) is 5.92 Å². The number of hydrogen-bond acceptors (Lipinski definition) is 4. The second kappa shape index (κ2) is 8.87. The van der Waals surface area contributed by atoms with Gasteiger partial charge in [-0.3, -0.25) is 4.99 Å². The van der Waals surface area contributed by atoms with Gasteiger partial charge in [0.2, 0.25) is 6.79 Å². The maximum absolute atomic E-state index is 5.98. The highest BCUT2D eigenvalue weighted by atomic mass is 16.7. The topological polar surface area (TPSA) is 64.1 Å². The molecule has 2 aromatic carbocycles. The maximum atomic E-state index is 5.98. The Balaban J connectivity index is 1.25. The summed E-state index contributed by atoms with van der Waals surface area (Å²) in [4.78, 5) is 4.31. The van der Waals surface area contributed by atoms with Gasteiger partial charge in [0.05, 0.1) is 6.61 Å². The van der Waals surface area contributed by atoms with Crippen LogP contribution in [0.5, 0.6) is 17.2 Å². The van der Waals surface area contributed by atoms with Crippen LogP contribution in [0.2, 0.25) is 0 Å². The van der Waals surface area contributed by atoms with E-state index in [1.165, 1.54) is 18.4 Å². The van der Waals surface area contributed by atoms with E-state index in [4.69, 9.17) is 14.2 Å². The number of benzene rings is 2. The van der Waals surface area contributed by atoms with Crippen molar-refractivity contribution in [3.8, 4) is 17.2 Å². The summed E-state index contributed by atoms with van der Waals surface area (Å²) in [6, 6.07) is 14.3. The number of para-hydroxylation sites is 1. The van der Waals surface area contributed by atoms with Gasteiger partial charge in [0.15, 0.2) is 17.5 Å². The molecule has 148 valence electrons. The van der Waals surface area contributed by atoms with Crippen LogP contribution in [-0.4, -0.2) is 33.0 Å². The predicted octanol–water partition coefficient (Wildman–Crippen LogP) is 3.11. The summed E-state index contributed by atoms with van der Waals surface area (Å²) >= 11 is 0. The maximum Gasteiger partial charge on any atom is 0.231 e. The van der Waals surface area contributed by atoms with E-state index in [2.05, 4.69) is 27.8 Å². The third kappa shape index (κ3) is 4.88. The molecule has 0 amide bonds. The highest BCUT2D eigenvalue weighted by Crippen LogP contribution is 2.32. The molecule has 0 aromatic heterocycles. The molecule has 2 N–H and O–H groups in total. The normalized spacial score (nSPS) is 15.4. The molecule has 2 aromatic rings. The Kier molecular flexibility index (Phi) is 5.85. The quantitative estimate of drug-likeness (QED) is 0.543. The third-order valence-electron chi connectivity index (χ3n) is 4.96. The minimum atomic E-state index is 0.305. The Bertz CT molecular complexity index is 834. The monoisotopic (exact) mass is 381 g/mol. The summed E-state index contributed by atoms with van der Waals surface area (Å²) in [7, 11) is 1.78. The number of nitrogens with zero attached hydrogens (tertiary/aromatic N) is 1. The van der Waals surface area contributed by atoms with Gasteiger partial charge in [-0.15, -0.1) is 0 Å². The second-order valence-corrected chi connectivity index (χ2v) is 7.15. The lowest BCUT2D eigenvalue weighted by molar-refractivity contribution is 0.174. The summed E-state index contributed by atoms with van der Waals surface area (Å²) in [6.07, 6.45) is 3.46. The molecule has 0 radical (unpaired) electrons. The van der Waals surface area contributed by atoms with Gasteiger partial charge >= 0.3 is 0 Å². The Hall–Kier alpha value is -2.89. The molecule has 1 aliphatic carbocycles. The van der Waals surface area contributed by atoms with Crippen LogP contribution in [0.15, 0.2) is 47.5 Å². The highest BCUT2D eigenvalue weighted by Gasteiger charge is 2.22. The van der Waals surface area contributed by atoms with Gasteiger partial charge in [0.25, 0.3) is 0 Å². The molecule has 6 heteroatoms. The van der Waals surface area contributed by atoms with E-state index in [9.17, 15) is 0 Å². The fourth-order valence-corrected chi connectivity index (χ4v) is 3.10. The first kappa shape index (κ1) is 18.5. The van der Waals surface area contributed by atoms with Crippen molar-refractivity contribution in [1.29, 1.82) is 0 Å². The minimum absolute atomic E-state index is 0.305.